The zero-order valence-electron chi connectivity index (χ0n) is 15.0. The second-order valence-corrected chi connectivity index (χ2v) is 7.06. The molecule has 0 unspecified atom stereocenters. The molecule has 140 valence electrons. The van der Waals surface area contributed by atoms with Gasteiger partial charge < -0.3 is 4.42 Å². The molecule has 1 aliphatic rings. The first-order chi connectivity index (χ1) is 13.6. The summed E-state index contributed by atoms with van der Waals surface area (Å²) in [4.78, 5) is 4.57. The Hall–Kier alpha value is -3.48. The quantitative estimate of drug-likeness (QED) is 0.413. The third kappa shape index (κ3) is 2.58. The molecule has 1 aliphatic carbocycles. The van der Waals surface area contributed by atoms with E-state index in [0.717, 1.165) is 36.1 Å². The molecule has 1 saturated carbocycles. The van der Waals surface area contributed by atoms with Crippen molar-refractivity contribution in [3.05, 3.63) is 66.4 Å². The highest BCUT2D eigenvalue weighted by molar-refractivity contribution is 5.86. The van der Waals surface area contributed by atoms with Crippen LogP contribution in [0.5, 0.6) is 0 Å². The van der Waals surface area contributed by atoms with E-state index in [9.17, 15) is 4.39 Å². The Bertz CT molecular complexity index is 1240. The summed E-state index contributed by atoms with van der Waals surface area (Å²) in [6.45, 7) is 0. The van der Waals surface area contributed by atoms with E-state index in [0.29, 0.717) is 17.4 Å². The van der Waals surface area contributed by atoms with Gasteiger partial charge in [0.05, 0.1) is 5.69 Å². The van der Waals surface area contributed by atoms with E-state index >= 15 is 0 Å². The molecule has 0 saturated heterocycles. The number of halogens is 1. The number of nitrogens with one attached hydrogen (secondary N) is 2. The number of pyridine rings is 1. The van der Waals surface area contributed by atoms with E-state index in [2.05, 4.69) is 4.98 Å². The van der Waals surface area contributed by atoms with Crippen molar-refractivity contribution in [1.29, 1.82) is 10.8 Å². The molecule has 3 heterocycles. The van der Waals surface area contributed by atoms with Crippen molar-refractivity contribution < 1.29 is 8.81 Å². The van der Waals surface area contributed by atoms with Crippen LogP contribution in [0.15, 0.2) is 59.5 Å². The van der Waals surface area contributed by atoms with Gasteiger partial charge in [0.25, 0.3) is 0 Å². The molecule has 0 bridgehead atoms. The minimum atomic E-state index is -0.307. The lowest BCUT2D eigenvalue weighted by Crippen LogP contribution is -2.34. The Kier molecular flexibility index (Phi) is 3.75. The fourth-order valence-corrected chi connectivity index (χ4v) is 3.59. The van der Waals surface area contributed by atoms with Gasteiger partial charge in [-0.05, 0) is 49.2 Å². The summed E-state index contributed by atoms with van der Waals surface area (Å²) in [5, 5.41) is 16.7. The lowest BCUT2D eigenvalue weighted by atomic mass is 9.84. The van der Waals surface area contributed by atoms with Gasteiger partial charge in [-0.1, -0.05) is 6.42 Å². The average Bonchev–Trinajstić information content (AvgIpc) is 3.22. The number of fused-ring (bicyclic) bond motifs is 1. The molecular weight excluding hydrogens is 357 g/mol. The number of hydrogen-bond acceptors (Lipinski definition) is 4. The number of hydrogen-bond donors (Lipinski definition) is 2. The predicted octanol–water partition coefficient (Wildman–Crippen LogP) is 4.31. The predicted molar refractivity (Wildman–Crippen MR) is 103 cm³/mol. The normalized spacial score (nSPS) is 14.3. The van der Waals surface area contributed by atoms with Gasteiger partial charge in [-0.2, -0.15) is 4.98 Å². The van der Waals surface area contributed by atoms with Crippen LogP contribution < -0.4 is 5.49 Å². The number of benzene rings is 1. The van der Waals surface area contributed by atoms with E-state index in [1.165, 1.54) is 12.1 Å². The van der Waals surface area contributed by atoms with Crippen molar-refractivity contribution in [3.8, 4) is 22.5 Å². The van der Waals surface area contributed by atoms with E-state index in [4.69, 9.17) is 15.2 Å². The standard InChI is InChI=1S/C21H18FN5O/c22-16-7-4-13(5-8-16)18-19(26-10-11-28-21(26)25-18)15-6-9-17(23)27(12-15)20(24)14-2-1-3-14/h4-12,14,23-24H,1-3H2. The van der Waals surface area contributed by atoms with Gasteiger partial charge in [0.15, 0.2) is 0 Å². The summed E-state index contributed by atoms with van der Waals surface area (Å²) in [5.41, 5.74) is 3.31. The highest BCUT2D eigenvalue weighted by Gasteiger charge is 2.24. The average molecular weight is 375 g/mol. The van der Waals surface area contributed by atoms with E-state index in [1.807, 2.05) is 16.7 Å². The second-order valence-electron chi connectivity index (χ2n) is 7.06. The molecule has 1 fully saturated rings. The van der Waals surface area contributed by atoms with Crippen molar-refractivity contribution in [1.82, 2.24) is 14.0 Å². The van der Waals surface area contributed by atoms with Crippen molar-refractivity contribution in [2.24, 2.45) is 5.92 Å². The Morgan fingerprint density at radius 3 is 2.57 bits per heavy atom. The first kappa shape index (κ1) is 16.7. The maximum atomic E-state index is 13.4. The minimum Gasteiger partial charge on any atom is -0.432 e. The van der Waals surface area contributed by atoms with Crippen molar-refractivity contribution >= 4 is 11.7 Å². The summed E-state index contributed by atoms with van der Waals surface area (Å²) in [5.74, 6) is 0.790. The Labute approximate surface area is 159 Å². The number of nitrogens with zero attached hydrogens (tertiary/aromatic N) is 3. The summed E-state index contributed by atoms with van der Waals surface area (Å²) >= 11 is 0. The lowest BCUT2D eigenvalue weighted by molar-refractivity contribution is 0.403. The maximum Gasteiger partial charge on any atom is 0.306 e. The van der Waals surface area contributed by atoms with Crippen LogP contribution in [0.4, 0.5) is 4.39 Å². The van der Waals surface area contributed by atoms with Crippen LogP contribution in [0.2, 0.25) is 0 Å². The van der Waals surface area contributed by atoms with Gasteiger partial charge in [0, 0.05) is 29.4 Å². The van der Waals surface area contributed by atoms with Crippen molar-refractivity contribution in [3.63, 3.8) is 0 Å². The molecule has 5 rings (SSSR count). The van der Waals surface area contributed by atoms with Crippen LogP contribution in [0.25, 0.3) is 28.4 Å². The van der Waals surface area contributed by atoms with Gasteiger partial charge in [-0.3, -0.25) is 19.8 Å². The first-order valence-electron chi connectivity index (χ1n) is 9.20. The monoisotopic (exact) mass is 375 g/mol. The number of oxazole rings is 1. The number of rotatable bonds is 3. The first-order valence-corrected chi connectivity index (χ1v) is 9.20. The summed E-state index contributed by atoms with van der Waals surface area (Å²) in [6, 6.07) is 9.71. The molecule has 0 amide bonds. The number of aromatic nitrogens is 3. The molecule has 0 atom stereocenters. The van der Waals surface area contributed by atoms with Crippen LogP contribution in [-0.2, 0) is 0 Å². The molecular formula is C21H18FN5O. The zero-order valence-corrected chi connectivity index (χ0v) is 15.0. The third-order valence-corrected chi connectivity index (χ3v) is 5.35. The summed E-state index contributed by atoms with van der Waals surface area (Å²) in [7, 11) is 0. The SMILES string of the molecule is N=C(C1CCC1)n1cc(-c2c(-c3ccc(F)cc3)nc3occn23)ccc1=N. The fourth-order valence-electron chi connectivity index (χ4n) is 3.59. The molecule has 0 radical (unpaired) electrons. The topological polar surface area (TPSA) is 83.1 Å². The van der Waals surface area contributed by atoms with E-state index in [1.54, 1.807) is 35.2 Å². The van der Waals surface area contributed by atoms with Gasteiger partial charge in [0.1, 0.15) is 29.1 Å². The Balaban J connectivity index is 1.70. The third-order valence-electron chi connectivity index (χ3n) is 5.35. The molecule has 0 spiro atoms. The zero-order chi connectivity index (χ0) is 19.3. The molecule has 7 heteroatoms. The molecule has 2 N–H and O–H groups in total. The van der Waals surface area contributed by atoms with Crippen LogP contribution in [0.3, 0.4) is 0 Å². The van der Waals surface area contributed by atoms with Crippen molar-refractivity contribution in [2.45, 2.75) is 19.3 Å². The molecule has 28 heavy (non-hydrogen) atoms. The van der Waals surface area contributed by atoms with Crippen LogP contribution in [-0.4, -0.2) is 19.8 Å². The van der Waals surface area contributed by atoms with Crippen molar-refractivity contribution in [2.75, 3.05) is 0 Å². The fraction of sp³-hybridized carbons (Fsp3) is 0.190. The summed E-state index contributed by atoms with van der Waals surface area (Å²) < 4.78 is 22.3. The van der Waals surface area contributed by atoms with Gasteiger partial charge in [-0.15, -0.1) is 0 Å². The van der Waals surface area contributed by atoms with Crippen LogP contribution >= 0.6 is 0 Å². The van der Waals surface area contributed by atoms with Crippen LogP contribution in [0.1, 0.15) is 19.3 Å². The molecule has 6 nitrogen and oxygen atoms in total. The van der Waals surface area contributed by atoms with E-state index < -0.39 is 0 Å². The Morgan fingerprint density at radius 2 is 1.86 bits per heavy atom. The second kappa shape index (κ2) is 6.30. The summed E-state index contributed by atoms with van der Waals surface area (Å²) in [6.07, 6.45) is 8.27. The van der Waals surface area contributed by atoms with E-state index in [-0.39, 0.29) is 17.2 Å². The molecule has 4 aromatic rings. The van der Waals surface area contributed by atoms with Crippen LogP contribution in [0, 0.1) is 22.6 Å². The van der Waals surface area contributed by atoms with Gasteiger partial charge in [0.2, 0.25) is 0 Å². The Morgan fingerprint density at radius 1 is 1.11 bits per heavy atom. The highest BCUT2D eigenvalue weighted by atomic mass is 19.1. The minimum absolute atomic E-state index is 0.209. The molecule has 3 aromatic heterocycles. The van der Waals surface area contributed by atoms with Gasteiger partial charge >= 0.3 is 5.84 Å². The smallest absolute Gasteiger partial charge is 0.306 e. The highest BCUT2D eigenvalue weighted by Crippen LogP contribution is 2.33. The molecule has 0 aliphatic heterocycles. The largest absolute Gasteiger partial charge is 0.432 e. The maximum absolute atomic E-state index is 13.4. The van der Waals surface area contributed by atoms with Gasteiger partial charge in [-0.25, -0.2) is 4.39 Å². The number of imidazole rings is 1. The molecule has 1 aromatic carbocycles. The lowest BCUT2D eigenvalue weighted by Gasteiger charge is -2.27.